The van der Waals surface area contributed by atoms with Crippen molar-refractivity contribution < 1.29 is 9.53 Å². The van der Waals surface area contributed by atoms with Crippen LogP contribution < -0.4 is 4.74 Å². The summed E-state index contributed by atoms with van der Waals surface area (Å²) in [5.41, 5.74) is 2.24. The third-order valence-electron chi connectivity index (χ3n) is 3.98. The molecular weight excluding hydrogens is 350 g/mol. The van der Waals surface area contributed by atoms with Gasteiger partial charge in [0.05, 0.1) is 12.0 Å². The predicted octanol–water partition coefficient (Wildman–Crippen LogP) is 4.53. The molecule has 128 valence electrons. The second-order valence-corrected chi connectivity index (χ2v) is 7.37. The number of carbonyl (C=O) groups excluding carboxylic acids is 1. The number of methoxy groups -OCH3 is 1. The summed E-state index contributed by atoms with van der Waals surface area (Å²) in [7, 11) is 1.63. The maximum atomic E-state index is 12.6. The number of hydrogen-bond acceptors (Lipinski definition) is 4. The molecule has 1 amide bonds. The fourth-order valence-corrected chi connectivity index (χ4v) is 3.94. The van der Waals surface area contributed by atoms with Crippen molar-refractivity contribution in [2.45, 2.75) is 12.8 Å². The molecule has 2 aromatic carbocycles. The molecule has 1 aliphatic rings. The summed E-state index contributed by atoms with van der Waals surface area (Å²) < 4.78 is 5.79. The average Bonchev–Trinajstić information content (AvgIpc) is 2.90. The van der Waals surface area contributed by atoms with Gasteiger partial charge in [0.1, 0.15) is 10.1 Å². The highest BCUT2D eigenvalue weighted by molar-refractivity contribution is 8.26. The van der Waals surface area contributed by atoms with Crippen molar-refractivity contribution in [2.75, 3.05) is 13.7 Å². The van der Waals surface area contributed by atoms with E-state index in [9.17, 15) is 4.79 Å². The second kappa shape index (κ2) is 8.32. The van der Waals surface area contributed by atoms with E-state index in [1.807, 2.05) is 48.5 Å². The van der Waals surface area contributed by atoms with Gasteiger partial charge in [-0.3, -0.25) is 9.69 Å². The fraction of sp³-hybridized carbons (Fsp3) is 0.200. The first-order valence-electron chi connectivity index (χ1n) is 8.11. The zero-order valence-electron chi connectivity index (χ0n) is 14.0. The van der Waals surface area contributed by atoms with Crippen molar-refractivity contribution in [2.24, 2.45) is 0 Å². The Hall–Kier alpha value is -2.11. The Kier molecular flexibility index (Phi) is 5.89. The number of amides is 1. The first-order chi connectivity index (χ1) is 12.2. The minimum atomic E-state index is -0.00104. The van der Waals surface area contributed by atoms with E-state index in [4.69, 9.17) is 17.0 Å². The number of aryl methyl sites for hydroxylation is 1. The molecule has 1 saturated heterocycles. The van der Waals surface area contributed by atoms with Gasteiger partial charge >= 0.3 is 0 Å². The maximum Gasteiger partial charge on any atom is 0.266 e. The monoisotopic (exact) mass is 369 g/mol. The highest BCUT2D eigenvalue weighted by atomic mass is 32.2. The molecule has 0 N–H and O–H groups in total. The van der Waals surface area contributed by atoms with Crippen LogP contribution in [0.5, 0.6) is 5.75 Å². The molecule has 0 radical (unpaired) electrons. The number of rotatable bonds is 6. The SMILES string of the molecule is COc1ccc(/C=C2\SC(=S)N(CCCc3ccccc3)C2=O)cc1. The quantitative estimate of drug-likeness (QED) is 0.553. The number of nitrogens with zero attached hydrogens (tertiary/aromatic N) is 1. The molecule has 5 heteroatoms. The lowest BCUT2D eigenvalue weighted by atomic mass is 10.1. The molecule has 1 heterocycles. The van der Waals surface area contributed by atoms with Crippen LogP contribution in [0, 0.1) is 0 Å². The van der Waals surface area contributed by atoms with E-state index >= 15 is 0 Å². The van der Waals surface area contributed by atoms with Gasteiger partial charge < -0.3 is 4.74 Å². The summed E-state index contributed by atoms with van der Waals surface area (Å²) >= 11 is 6.76. The molecule has 0 spiro atoms. The Labute approximate surface area is 157 Å². The van der Waals surface area contributed by atoms with Crippen LogP contribution in [0.25, 0.3) is 6.08 Å². The number of hydrogen-bond donors (Lipinski definition) is 0. The zero-order chi connectivity index (χ0) is 17.6. The molecule has 0 atom stereocenters. The number of benzene rings is 2. The number of ether oxygens (including phenoxy) is 1. The van der Waals surface area contributed by atoms with Gasteiger partial charge in [-0.1, -0.05) is 66.4 Å². The molecule has 25 heavy (non-hydrogen) atoms. The Balaban J connectivity index is 1.62. The Morgan fingerprint density at radius 1 is 1.12 bits per heavy atom. The van der Waals surface area contributed by atoms with E-state index in [0.717, 1.165) is 24.2 Å². The summed E-state index contributed by atoms with van der Waals surface area (Å²) in [6.07, 6.45) is 3.72. The standard InChI is InChI=1S/C20H19NO2S2/c1-23-17-11-9-16(10-12-17)14-18-19(22)21(20(24)25-18)13-5-8-15-6-3-2-4-7-15/h2-4,6-7,9-12,14H,5,8,13H2,1H3/b18-14-. The van der Waals surface area contributed by atoms with Crippen LogP contribution in [0.4, 0.5) is 0 Å². The van der Waals surface area contributed by atoms with Crippen LogP contribution in [-0.4, -0.2) is 28.8 Å². The van der Waals surface area contributed by atoms with E-state index in [2.05, 4.69) is 12.1 Å². The summed E-state index contributed by atoms with van der Waals surface area (Å²) in [6, 6.07) is 17.9. The molecule has 2 aromatic rings. The molecule has 3 rings (SSSR count). The molecule has 1 aliphatic heterocycles. The van der Waals surface area contributed by atoms with E-state index in [-0.39, 0.29) is 5.91 Å². The zero-order valence-corrected chi connectivity index (χ0v) is 15.6. The van der Waals surface area contributed by atoms with Crippen LogP contribution in [0.2, 0.25) is 0 Å². The largest absolute Gasteiger partial charge is 0.497 e. The van der Waals surface area contributed by atoms with Crippen molar-refractivity contribution in [1.29, 1.82) is 0 Å². The topological polar surface area (TPSA) is 29.5 Å². The van der Waals surface area contributed by atoms with Gasteiger partial charge in [0.25, 0.3) is 5.91 Å². The summed E-state index contributed by atoms with van der Waals surface area (Å²) in [5, 5.41) is 0. The van der Waals surface area contributed by atoms with E-state index in [0.29, 0.717) is 15.8 Å². The highest BCUT2D eigenvalue weighted by Gasteiger charge is 2.31. The van der Waals surface area contributed by atoms with Crippen molar-refractivity contribution in [3.63, 3.8) is 0 Å². The first-order valence-corrected chi connectivity index (χ1v) is 9.33. The minimum Gasteiger partial charge on any atom is -0.497 e. The van der Waals surface area contributed by atoms with Gasteiger partial charge in [-0.2, -0.15) is 0 Å². The fourth-order valence-electron chi connectivity index (χ4n) is 2.63. The summed E-state index contributed by atoms with van der Waals surface area (Å²) in [4.78, 5) is 15.0. The molecule has 0 aromatic heterocycles. The third kappa shape index (κ3) is 4.50. The summed E-state index contributed by atoms with van der Waals surface area (Å²) in [5.74, 6) is 0.796. The van der Waals surface area contributed by atoms with Gasteiger partial charge in [0, 0.05) is 6.54 Å². The molecular formula is C20H19NO2S2. The van der Waals surface area contributed by atoms with Gasteiger partial charge in [-0.05, 0) is 42.2 Å². The number of thioether (sulfide) groups is 1. The number of carbonyl (C=O) groups is 1. The minimum absolute atomic E-state index is 0.00104. The van der Waals surface area contributed by atoms with Crippen molar-refractivity contribution in [1.82, 2.24) is 4.90 Å². The Morgan fingerprint density at radius 3 is 2.52 bits per heavy atom. The van der Waals surface area contributed by atoms with Crippen molar-refractivity contribution in [3.05, 3.63) is 70.6 Å². The van der Waals surface area contributed by atoms with E-state index in [1.54, 1.807) is 12.0 Å². The first kappa shape index (κ1) is 17.7. The van der Waals surface area contributed by atoms with E-state index < -0.39 is 0 Å². The maximum absolute atomic E-state index is 12.6. The molecule has 0 saturated carbocycles. The van der Waals surface area contributed by atoms with Crippen LogP contribution in [0.15, 0.2) is 59.5 Å². The third-order valence-corrected chi connectivity index (χ3v) is 5.35. The lowest BCUT2D eigenvalue weighted by Gasteiger charge is -2.14. The lowest BCUT2D eigenvalue weighted by Crippen LogP contribution is -2.29. The predicted molar refractivity (Wildman–Crippen MR) is 108 cm³/mol. The van der Waals surface area contributed by atoms with Gasteiger partial charge in [0.15, 0.2) is 0 Å². The van der Waals surface area contributed by atoms with Crippen LogP contribution in [0.1, 0.15) is 17.5 Å². The van der Waals surface area contributed by atoms with Crippen LogP contribution in [-0.2, 0) is 11.2 Å². The second-order valence-electron chi connectivity index (χ2n) is 5.70. The molecule has 1 fully saturated rings. The molecule has 0 unspecified atom stereocenters. The smallest absolute Gasteiger partial charge is 0.266 e. The normalized spacial score (nSPS) is 15.9. The van der Waals surface area contributed by atoms with Gasteiger partial charge in [-0.15, -0.1) is 0 Å². The average molecular weight is 370 g/mol. The van der Waals surface area contributed by atoms with E-state index in [1.165, 1.54) is 17.3 Å². The lowest BCUT2D eigenvalue weighted by molar-refractivity contribution is -0.122. The molecule has 3 nitrogen and oxygen atoms in total. The number of thiocarbonyl (C=S) groups is 1. The van der Waals surface area contributed by atoms with Crippen molar-refractivity contribution >= 4 is 40.3 Å². The summed E-state index contributed by atoms with van der Waals surface area (Å²) in [6.45, 7) is 0.652. The highest BCUT2D eigenvalue weighted by Crippen LogP contribution is 2.32. The van der Waals surface area contributed by atoms with Gasteiger partial charge in [-0.25, -0.2) is 0 Å². The molecule has 0 aliphatic carbocycles. The molecule has 0 bridgehead atoms. The van der Waals surface area contributed by atoms with Crippen LogP contribution >= 0.6 is 24.0 Å². The van der Waals surface area contributed by atoms with Crippen molar-refractivity contribution in [3.8, 4) is 5.75 Å². The van der Waals surface area contributed by atoms with Gasteiger partial charge in [0.2, 0.25) is 0 Å². The van der Waals surface area contributed by atoms with Crippen LogP contribution in [0.3, 0.4) is 0 Å². The Morgan fingerprint density at radius 2 is 1.84 bits per heavy atom. The Bertz CT molecular complexity index is 785.